The number of phenolic OH excluding ortho intramolecular Hbond substituents is 2. The lowest BCUT2D eigenvalue weighted by molar-refractivity contribution is 0.112. The lowest BCUT2D eigenvalue weighted by Crippen LogP contribution is -1.93. The maximum atomic E-state index is 11.5. The quantitative estimate of drug-likeness (QED) is 0.463. The van der Waals surface area contributed by atoms with Crippen LogP contribution in [0.25, 0.3) is 27.9 Å². The Bertz CT molecular complexity index is 1040. The fraction of sp³-hybridized carbons (Fsp3) is 0.348. The predicted octanol–water partition coefficient (Wildman–Crippen LogP) is 6.08. The molecule has 0 aliphatic carbocycles. The van der Waals surface area contributed by atoms with Crippen molar-refractivity contribution in [2.45, 2.75) is 47.0 Å². The molecule has 0 saturated carbocycles. The van der Waals surface area contributed by atoms with Crippen molar-refractivity contribution in [1.82, 2.24) is 4.98 Å². The molecule has 1 unspecified atom stereocenters. The van der Waals surface area contributed by atoms with Gasteiger partial charge in [-0.25, -0.2) is 0 Å². The number of allylic oxidation sites excluding steroid dienone is 1. The van der Waals surface area contributed by atoms with Gasteiger partial charge in [0.2, 0.25) is 0 Å². The van der Waals surface area contributed by atoms with E-state index in [0.717, 1.165) is 41.2 Å². The molecule has 3 aromatic rings. The van der Waals surface area contributed by atoms with Crippen LogP contribution in [0.15, 0.2) is 23.8 Å². The molecule has 0 aliphatic rings. The fourth-order valence-corrected chi connectivity index (χ4v) is 3.54. The standard InChI is InChI=1S/C23H27NO3/c1-5-13(2)6-7-14(3)10-17-15(4)20(27)11-18-21-16(12-25)8-9-19(26)23(21)24-22(17)18/h8-13,24,26-27H,5-7H2,1-4H3/b14-10+. The van der Waals surface area contributed by atoms with E-state index in [1.165, 1.54) is 18.1 Å². The highest BCUT2D eigenvalue weighted by atomic mass is 16.3. The predicted molar refractivity (Wildman–Crippen MR) is 112 cm³/mol. The Kier molecular flexibility index (Phi) is 5.26. The first-order valence-corrected chi connectivity index (χ1v) is 9.49. The third-order valence-corrected chi connectivity index (χ3v) is 5.59. The number of phenols is 2. The molecule has 1 heterocycles. The molecular weight excluding hydrogens is 338 g/mol. The van der Waals surface area contributed by atoms with E-state index in [0.29, 0.717) is 22.4 Å². The lowest BCUT2D eigenvalue weighted by Gasteiger charge is -2.10. The largest absolute Gasteiger partial charge is 0.508 e. The first-order chi connectivity index (χ1) is 12.9. The smallest absolute Gasteiger partial charge is 0.150 e. The minimum atomic E-state index is 0.0902. The number of aldehydes is 1. The van der Waals surface area contributed by atoms with Crippen molar-refractivity contribution in [3.8, 4) is 11.5 Å². The van der Waals surface area contributed by atoms with E-state index in [1.54, 1.807) is 12.1 Å². The molecule has 27 heavy (non-hydrogen) atoms. The Morgan fingerprint density at radius 1 is 1.22 bits per heavy atom. The van der Waals surface area contributed by atoms with Gasteiger partial charge in [-0.05, 0) is 50.8 Å². The third-order valence-electron chi connectivity index (χ3n) is 5.59. The molecule has 0 bridgehead atoms. The number of benzene rings is 2. The molecule has 0 amide bonds. The van der Waals surface area contributed by atoms with Crippen LogP contribution in [0.5, 0.6) is 11.5 Å². The van der Waals surface area contributed by atoms with Crippen molar-refractivity contribution in [2.24, 2.45) is 5.92 Å². The Morgan fingerprint density at radius 2 is 1.96 bits per heavy atom. The number of aromatic nitrogens is 1. The SMILES string of the molecule is CCC(C)CC/C(C)=C/c1c(C)c(O)cc2c1[nH]c1c(O)ccc(C=O)c12. The summed E-state index contributed by atoms with van der Waals surface area (Å²) in [5.74, 6) is 0.954. The van der Waals surface area contributed by atoms with Gasteiger partial charge in [0.25, 0.3) is 0 Å². The average Bonchev–Trinajstić information content (AvgIpc) is 3.04. The van der Waals surface area contributed by atoms with E-state index in [9.17, 15) is 15.0 Å². The zero-order valence-corrected chi connectivity index (χ0v) is 16.4. The molecule has 3 N–H and O–H groups in total. The Balaban J connectivity index is 2.23. The van der Waals surface area contributed by atoms with Crippen molar-refractivity contribution < 1.29 is 15.0 Å². The summed E-state index contributed by atoms with van der Waals surface area (Å²) in [6, 6.07) is 4.78. The van der Waals surface area contributed by atoms with E-state index < -0.39 is 0 Å². The van der Waals surface area contributed by atoms with Gasteiger partial charge < -0.3 is 15.2 Å². The summed E-state index contributed by atoms with van der Waals surface area (Å²) in [7, 11) is 0. The molecule has 3 rings (SSSR count). The van der Waals surface area contributed by atoms with Crippen LogP contribution >= 0.6 is 0 Å². The number of hydrogen-bond acceptors (Lipinski definition) is 3. The summed E-state index contributed by atoms with van der Waals surface area (Å²) in [5, 5.41) is 22.1. The lowest BCUT2D eigenvalue weighted by atomic mass is 9.96. The number of fused-ring (bicyclic) bond motifs is 3. The van der Waals surface area contributed by atoms with E-state index in [2.05, 4.69) is 31.8 Å². The number of hydrogen-bond donors (Lipinski definition) is 3. The van der Waals surface area contributed by atoms with Crippen LogP contribution in [-0.2, 0) is 0 Å². The number of aromatic amines is 1. The van der Waals surface area contributed by atoms with Gasteiger partial charge >= 0.3 is 0 Å². The maximum Gasteiger partial charge on any atom is 0.150 e. The third kappa shape index (κ3) is 3.44. The highest BCUT2D eigenvalue weighted by molar-refractivity contribution is 6.17. The van der Waals surface area contributed by atoms with Gasteiger partial charge in [-0.2, -0.15) is 0 Å². The van der Waals surface area contributed by atoms with Gasteiger partial charge in [-0.3, -0.25) is 4.79 Å². The molecule has 0 saturated heterocycles. The molecule has 142 valence electrons. The zero-order valence-electron chi connectivity index (χ0n) is 16.4. The number of rotatable bonds is 6. The Labute approximate surface area is 159 Å². The normalized spacial score (nSPS) is 13.4. The Morgan fingerprint density at radius 3 is 2.63 bits per heavy atom. The van der Waals surface area contributed by atoms with Gasteiger partial charge in [0.15, 0.2) is 6.29 Å². The maximum absolute atomic E-state index is 11.5. The molecular formula is C23H27NO3. The fourth-order valence-electron chi connectivity index (χ4n) is 3.54. The molecule has 2 aromatic carbocycles. The van der Waals surface area contributed by atoms with E-state index in [-0.39, 0.29) is 11.5 Å². The highest BCUT2D eigenvalue weighted by Gasteiger charge is 2.17. The first-order valence-electron chi connectivity index (χ1n) is 9.49. The first kappa shape index (κ1) is 19.0. The minimum absolute atomic E-state index is 0.0902. The molecule has 4 nitrogen and oxygen atoms in total. The van der Waals surface area contributed by atoms with Crippen LogP contribution < -0.4 is 0 Å². The van der Waals surface area contributed by atoms with Crippen LogP contribution in [0.3, 0.4) is 0 Å². The summed E-state index contributed by atoms with van der Waals surface area (Å²) in [6.45, 7) is 8.45. The van der Waals surface area contributed by atoms with Crippen LogP contribution in [-0.4, -0.2) is 21.5 Å². The summed E-state index contributed by atoms with van der Waals surface area (Å²) < 4.78 is 0. The van der Waals surface area contributed by atoms with Crippen molar-refractivity contribution in [1.29, 1.82) is 0 Å². The van der Waals surface area contributed by atoms with Crippen molar-refractivity contribution >= 4 is 34.2 Å². The van der Waals surface area contributed by atoms with Gasteiger partial charge in [-0.15, -0.1) is 0 Å². The van der Waals surface area contributed by atoms with Gasteiger partial charge in [0.05, 0.1) is 11.0 Å². The van der Waals surface area contributed by atoms with Gasteiger partial charge in [-0.1, -0.05) is 31.9 Å². The van der Waals surface area contributed by atoms with Crippen molar-refractivity contribution in [2.75, 3.05) is 0 Å². The minimum Gasteiger partial charge on any atom is -0.508 e. The van der Waals surface area contributed by atoms with E-state index in [4.69, 9.17) is 0 Å². The molecule has 4 heteroatoms. The highest BCUT2D eigenvalue weighted by Crippen LogP contribution is 2.39. The molecule has 1 aromatic heterocycles. The number of carbonyl (C=O) groups excluding carboxylic acids is 1. The number of carbonyl (C=O) groups is 1. The van der Waals surface area contributed by atoms with Gasteiger partial charge in [0.1, 0.15) is 11.5 Å². The zero-order chi connectivity index (χ0) is 19.7. The van der Waals surface area contributed by atoms with Crippen LogP contribution in [0.2, 0.25) is 0 Å². The topological polar surface area (TPSA) is 73.3 Å². The summed E-state index contributed by atoms with van der Waals surface area (Å²) in [5.41, 5.74) is 4.76. The number of H-pyrrole nitrogens is 1. The monoisotopic (exact) mass is 365 g/mol. The summed E-state index contributed by atoms with van der Waals surface area (Å²) in [4.78, 5) is 14.8. The average molecular weight is 365 g/mol. The second-order valence-corrected chi connectivity index (χ2v) is 7.57. The molecule has 1 atom stereocenters. The second kappa shape index (κ2) is 7.47. The van der Waals surface area contributed by atoms with Crippen LogP contribution in [0, 0.1) is 12.8 Å². The summed E-state index contributed by atoms with van der Waals surface area (Å²) >= 11 is 0. The van der Waals surface area contributed by atoms with Crippen LogP contribution in [0.1, 0.15) is 61.5 Å². The second-order valence-electron chi connectivity index (χ2n) is 7.57. The van der Waals surface area contributed by atoms with E-state index >= 15 is 0 Å². The summed E-state index contributed by atoms with van der Waals surface area (Å²) in [6.07, 6.45) is 6.17. The molecule has 0 radical (unpaired) electrons. The van der Waals surface area contributed by atoms with Crippen LogP contribution in [0.4, 0.5) is 0 Å². The number of aromatic hydroxyl groups is 2. The molecule has 0 fully saturated rings. The molecule has 0 aliphatic heterocycles. The van der Waals surface area contributed by atoms with Crippen molar-refractivity contribution in [3.05, 3.63) is 40.5 Å². The Hall–Kier alpha value is -2.75. The van der Waals surface area contributed by atoms with Crippen molar-refractivity contribution in [3.63, 3.8) is 0 Å². The van der Waals surface area contributed by atoms with E-state index in [1.807, 2.05) is 6.92 Å². The van der Waals surface area contributed by atoms with Gasteiger partial charge in [0, 0.05) is 27.5 Å². The molecule has 0 spiro atoms. The number of nitrogens with one attached hydrogen (secondary N) is 1.